The lowest BCUT2D eigenvalue weighted by Crippen LogP contribution is -2.51. The maximum absolute atomic E-state index is 12.7. The molecule has 3 saturated carbocycles. The predicted molar refractivity (Wildman–Crippen MR) is 112 cm³/mol. The van der Waals surface area contributed by atoms with Crippen molar-refractivity contribution in [3.05, 3.63) is 47.5 Å². The van der Waals surface area contributed by atoms with Gasteiger partial charge in [-0.25, -0.2) is 4.79 Å². The monoisotopic (exact) mass is 392 g/mol. The molecule has 5 rings (SSSR count). The van der Waals surface area contributed by atoms with E-state index in [2.05, 4.69) is 13.8 Å². The van der Waals surface area contributed by atoms with Crippen molar-refractivity contribution in [2.45, 2.75) is 71.3 Å². The van der Waals surface area contributed by atoms with Crippen LogP contribution in [0, 0.1) is 28.6 Å². The standard InChI is InChI=1S/C26H32O3/c1-25-14-12-19(27)16-18(25)8-9-20-21-10-11-23(26(21,2)15-13-22(20)25)29-24(28)17-6-4-3-5-7-17/h3-7,16,20-23H,8-15H2,1-2H3/t20-,21-,22-,23-,25-,26-/m0/s1. The summed E-state index contributed by atoms with van der Waals surface area (Å²) in [6, 6.07) is 9.39. The van der Waals surface area contributed by atoms with E-state index in [1.165, 1.54) is 24.8 Å². The molecule has 3 nitrogen and oxygen atoms in total. The highest BCUT2D eigenvalue weighted by Gasteiger charge is 2.59. The van der Waals surface area contributed by atoms with Gasteiger partial charge in [-0.1, -0.05) is 37.6 Å². The number of carbonyl (C=O) groups excluding carboxylic acids is 2. The highest BCUT2D eigenvalue weighted by molar-refractivity contribution is 5.91. The number of benzene rings is 1. The van der Waals surface area contributed by atoms with E-state index in [0.717, 1.165) is 25.7 Å². The average molecular weight is 393 g/mol. The van der Waals surface area contributed by atoms with Crippen molar-refractivity contribution in [2.24, 2.45) is 28.6 Å². The van der Waals surface area contributed by atoms with Crippen molar-refractivity contribution >= 4 is 11.8 Å². The lowest BCUT2D eigenvalue weighted by molar-refractivity contribution is -0.118. The summed E-state index contributed by atoms with van der Waals surface area (Å²) in [5.74, 6) is 2.16. The molecule has 0 amide bonds. The Morgan fingerprint density at radius 2 is 1.76 bits per heavy atom. The number of fused-ring (bicyclic) bond motifs is 5. The van der Waals surface area contributed by atoms with Crippen molar-refractivity contribution in [1.29, 1.82) is 0 Å². The van der Waals surface area contributed by atoms with E-state index < -0.39 is 0 Å². The summed E-state index contributed by atoms with van der Waals surface area (Å²) in [6.07, 6.45) is 10.5. The normalized spacial score (nSPS) is 41.0. The maximum atomic E-state index is 12.7. The minimum Gasteiger partial charge on any atom is -0.458 e. The van der Waals surface area contributed by atoms with Gasteiger partial charge >= 0.3 is 5.97 Å². The fourth-order valence-electron chi connectivity index (χ4n) is 7.48. The number of ether oxygens (including phenoxy) is 1. The molecule has 1 aromatic rings. The van der Waals surface area contributed by atoms with Crippen LogP contribution in [0.3, 0.4) is 0 Å². The van der Waals surface area contributed by atoms with Crippen LogP contribution < -0.4 is 0 Å². The Hall–Kier alpha value is -1.90. The highest BCUT2D eigenvalue weighted by atomic mass is 16.5. The van der Waals surface area contributed by atoms with Crippen LogP contribution in [0.2, 0.25) is 0 Å². The molecular weight excluding hydrogens is 360 g/mol. The van der Waals surface area contributed by atoms with Gasteiger partial charge in [0.25, 0.3) is 0 Å². The first-order valence-electron chi connectivity index (χ1n) is 11.4. The molecule has 4 aliphatic carbocycles. The summed E-state index contributed by atoms with van der Waals surface area (Å²) in [7, 11) is 0. The van der Waals surface area contributed by atoms with Crippen LogP contribution in [0.4, 0.5) is 0 Å². The van der Waals surface area contributed by atoms with Crippen molar-refractivity contribution in [2.75, 3.05) is 0 Å². The highest BCUT2D eigenvalue weighted by Crippen LogP contribution is 2.65. The molecule has 154 valence electrons. The largest absolute Gasteiger partial charge is 0.458 e. The smallest absolute Gasteiger partial charge is 0.338 e. The Morgan fingerprint density at radius 1 is 0.966 bits per heavy atom. The molecule has 0 heterocycles. The second-order valence-electron chi connectivity index (χ2n) is 10.4. The van der Waals surface area contributed by atoms with Gasteiger partial charge in [0.2, 0.25) is 0 Å². The van der Waals surface area contributed by atoms with Gasteiger partial charge in [-0.3, -0.25) is 4.79 Å². The number of ketones is 1. The summed E-state index contributed by atoms with van der Waals surface area (Å²) in [6.45, 7) is 4.80. The van der Waals surface area contributed by atoms with Crippen LogP contribution in [-0.2, 0) is 9.53 Å². The summed E-state index contributed by atoms with van der Waals surface area (Å²) in [5, 5.41) is 0. The Balaban J connectivity index is 1.37. The van der Waals surface area contributed by atoms with E-state index in [-0.39, 0.29) is 22.9 Å². The topological polar surface area (TPSA) is 43.4 Å². The van der Waals surface area contributed by atoms with E-state index in [0.29, 0.717) is 35.5 Å². The van der Waals surface area contributed by atoms with Crippen LogP contribution in [-0.4, -0.2) is 17.9 Å². The first kappa shape index (κ1) is 19.1. The predicted octanol–water partition coefficient (Wildman–Crippen LogP) is 5.74. The molecule has 0 bridgehead atoms. The van der Waals surface area contributed by atoms with E-state index in [9.17, 15) is 9.59 Å². The molecule has 0 radical (unpaired) electrons. The van der Waals surface area contributed by atoms with E-state index >= 15 is 0 Å². The van der Waals surface area contributed by atoms with Crippen LogP contribution in [0.5, 0.6) is 0 Å². The third kappa shape index (κ3) is 2.92. The molecule has 3 heteroatoms. The summed E-state index contributed by atoms with van der Waals surface area (Å²) in [4.78, 5) is 24.7. The van der Waals surface area contributed by atoms with Gasteiger partial charge in [0.05, 0.1) is 5.56 Å². The Kier molecular flexibility index (Phi) is 4.49. The van der Waals surface area contributed by atoms with Gasteiger partial charge in [-0.05, 0) is 86.3 Å². The molecule has 0 N–H and O–H groups in total. The zero-order valence-corrected chi connectivity index (χ0v) is 17.7. The molecule has 6 atom stereocenters. The van der Waals surface area contributed by atoms with Crippen LogP contribution in [0.1, 0.15) is 75.6 Å². The fraction of sp³-hybridized carbons (Fsp3) is 0.615. The number of hydrogen-bond donors (Lipinski definition) is 0. The first-order chi connectivity index (χ1) is 13.9. The van der Waals surface area contributed by atoms with Gasteiger partial charge in [0.1, 0.15) is 6.10 Å². The molecule has 1 aromatic carbocycles. The Bertz CT molecular complexity index is 856. The van der Waals surface area contributed by atoms with Gasteiger partial charge in [-0.15, -0.1) is 0 Å². The molecule has 3 fully saturated rings. The van der Waals surface area contributed by atoms with Crippen molar-refractivity contribution < 1.29 is 14.3 Å². The van der Waals surface area contributed by atoms with E-state index in [1.807, 2.05) is 36.4 Å². The number of rotatable bonds is 2. The van der Waals surface area contributed by atoms with Gasteiger partial charge in [-0.2, -0.15) is 0 Å². The quantitative estimate of drug-likeness (QED) is 0.603. The second kappa shape index (κ2) is 6.82. The SMILES string of the molecule is C[C@]12CC[C@H]3[C@@H](CCC4=CC(=O)CC[C@@]43C)[C@@H]1CC[C@@H]2OC(=O)c1ccccc1. The van der Waals surface area contributed by atoms with Crippen molar-refractivity contribution in [1.82, 2.24) is 0 Å². The number of hydrogen-bond acceptors (Lipinski definition) is 3. The lowest BCUT2D eigenvalue weighted by Gasteiger charge is -2.57. The zero-order valence-electron chi connectivity index (χ0n) is 17.7. The Morgan fingerprint density at radius 3 is 2.55 bits per heavy atom. The summed E-state index contributed by atoms with van der Waals surface area (Å²) >= 11 is 0. The number of esters is 1. The molecule has 0 saturated heterocycles. The molecule has 0 aliphatic heterocycles. The maximum Gasteiger partial charge on any atom is 0.338 e. The zero-order chi connectivity index (χ0) is 20.2. The molecule has 0 aromatic heterocycles. The average Bonchev–Trinajstić information content (AvgIpc) is 3.05. The number of allylic oxidation sites excluding steroid dienone is 1. The lowest BCUT2D eigenvalue weighted by atomic mass is 9.47. The first-order valence-corrected chi connectivity index (χ1v) is 11.4. The van der Waals surface area contributed by atoms with Crippen LogP contribution >= 0.6 is 0 Å². The third-order valence-corrected chi connectivity index (χ3v) is 9.13. The van der Waals surface area contributed by atoms with Crippen molar-refractivity contribution in [3.8, 4) is 0 Å². The van der Waals surface area contributed by atoms with Crippen molar-refractivity contribution in [3.63, 3.8) is 0 Å². The fourth-order valence-corrected chi connectivity index (χ4v) is 7.48. The minimum atomic E-state index is -0.175. The van der Waals surface area contributed by atoms with E-state index in [4.69, 9.17) is 4.74 Å². The van der Waals surface area contributed by atoms with Crippen LogP contribution in [0.15, 0.2) is 42.0 Å². The van der Waals surface area contributed by atoms with Gasteiger partial charge in [0, 0.05) is 11.8 Å². The molecule has 4 aliphatic rings. The van der Waals surface area contributed by atoms with Gasteiger partial charge < -0.3 is 4.74 Å². The molecule has 0 unspecified atom stereocenters. The third-order valence-electron chi connectivity index (χ3n) is 9.13. The second-order valence-corrected chi connectivity index (χ2v) is 10.4. The molecular formula is C26H32O3. The van der Waals surface area contributed by atoms with Gasteiger partial charge in [0.15, 0.2) is 5.78 Å². The molecule has 29 heavy (non-hydrogen) atoms. The Labute approximate surface area is 173 Å². The summed E-state index contributed by atoms with van der Waals surface area (Å²) < 4.78 is 6.10. The minimum absolute atomic E-state index is 0.0267. The van der Waals surface area contributed by atoms with E-state index in [1.54, 1.807) is 0 Å². The number of carbonyl (C=O) groups is 2. The summed E-state index contributed by atoms with van der Waals surface area (Å²) in [5.41, 5.74) is 2.37. The molecule has 0 spiro atoms. The van der Waals surface area contributed by atoms with Crippen LogP contribution in [0.25, 0.3) is 0 Å².